The molecule has 3 unspecified atom stereocenters. The molecule has 15 heavy (non-hydrogen) atoms. The minimum absolute atomic E-state index is 0.0291. The molecule has 86 valence electrons. The van der Waals surface area contributed by atoms with Crippen LogP contribution in [-0.2, 0) is 8.62 Å². The summed E-state index contributed by atoms with van der Waals surface area (Å²) in [7, 11) is 0. The molecule has 4 nitrogen and oxygen atoms in total. The lowest BCUT2D eigenvalue weighted by Gasteiger charge is -2.31. The molecule has 0 aromatic carbocycles. The zero-order chi connectivity index (χ0) is 11.4. The van der Waals surface area contributed by atoms with Crippen molar-refractivity contribution >= 4 is 5.78 Å². The van der Waals surface area contributed by atoms with Crippen molar-refractivity contribution in [2.45, 2.75) is 39.7 Å². The van der Waals surface area contributed by atoms with Crippen LogP contribution in [0.4, 0.5) is 0 Å². The van der Waals surface area contributed by atoms with Crippen LogP contribution in [0.3, 0.4) is 0 Å². The molecule has 2 rings (SSSR count). The fraction of sp³-hybridized carbons (Fsp3) is 0.900. The van der Waals surface area contributed by atoms with E-state index in [1.165, 1.54) is 0 Å². The Labute approximate surface area is 94.4 Å². The molecule has 2 saturated carbocycles. The Kier molecular flexibility index (Phi) is 2.50. The summed E-state index contributed by atoms with van der Waals surface area (Å²) in [5.41, 5.74) is -0.549. The van der Waals surface area contributed by atoms with Gasteiger partial charge in [0.15, 0.2) is 5.78 Å². The number of rotatable bonds is 2. The van der Waals surface area contributed by atoms with Crippen molar-refractivity contribution < 1.29 is 31.8 Å². The van der Waals surface area contributed by atoms with Crippen molar-refractivity contribution in [3.05, 3.63) is 0 Å². The second-order valence-corrected chi connectivity index (χ2v) is 6.43. The van der Waals surface area contributed by atoms with E-state index in [-0.39, 0.29) is 17.1 Å². The van der Waals surface area contributed by atoms with E-state index in [0.717, 1.165) is 12.8 Å². The molecule has 2 aliphatic carbocycles. The van der Waals surface area contributed by atoms with Gasteiger partial charge in [0.05, 0.1) is 0 Å². The average molecular weight is 279 g/mol. The molecule has 0 saturated heterocycles. The van der Waals surface area contributed by atoms with Gasteiger partial charge >= 0.3 is 14.8 Å². The molecule has 0 amide bonds. The standard InChI is InChI=1S/C10H15BrO4/c1-9(2)6-4-5-10(9,3)8(12)7(6)15-11(13)14/h6-7H,4-5H2,1-3H3. The van der Waals surface area contributed by atoms with Gasteiger partial charge in [-0.2, -0.15) is 0 Å². The predicted molar refractivity (Wildman–Crippen MR) is 44.5 cm³/mol. The first-order chi connectivity index (χ1) is 6.80. The molecule has 2 bridgehead atoms. The highest BCUT2D eigenvalue weighted by Crippen LogP contribution is 2.64. The van der Waals surface area contributed by atoms with E-state index in [2.05, 4.69) is 0 Å². The fourth-order valence-electron chi connectivity index (χ4n) is 3.18. The zero-order valence-electron chi connectivity index (χ0n) is 9.08. The maximum absolute atomic E-state index is 12.1. The van der Waals surface area contributed by atoms with Crippen molar-refractivity contribution in [2.24, 2.45) is 16.7 Å². The number of carbonyl (C=O) groups is 1. The highest BCUT2D eigenvalue weighted by atomic mass is 80.0. The summed E-state index contributed by atoms with van der Waals surface area (Å²) in [5.74, 6) is 0.0251. The molecule has 0 N–H and O–H groups in total. The molecule has 2 fully saturated rings. The Hall–Kier alpha value is 0.0300. The normalized spacial score (nSPS) is 42.9. The quantitative estimate of drug-likeness (QED) is 0.682. The minimum atomic E-state index is -3.29. The van der Waals surface area contributed by atoms with E-state index < -0.39 is 26.3 Å². The van der Waals surface area contributed by atoms with Gasteiger partial charge in [0, 0.05) is 11.3 Å². The fourth-order valence-corrected chi connectivity index (χ4v) is 3.94. The largest absolute Gasteiger partial charge is 0.437 e. The van der Waals surface area contributed by atoms with Crippen LogP contribution in [0.1, 0.15) is 33.6 Å². The van der Waals surface area contributed by atoms with E-state index >= 15 is 0 Å². The number of carbonyl (C=O) groups excluding carboxylic acids is 1. The summed E-state index contributed by atoms with van der Waals surface area (Å²) in [5, 5.41) is 0. The number of halogens is 1. The number of Topliss-reactive ketones (excluding diaryl/α,β-unsaturated/α-hetero) is 1. The second kappa shape index (κ2) is 3.26. The van der Waals surface area contributed by atoms with Crippen molar-refractivity contribution in [1.82, 2.24) is 0 Å². The molecule has 5 heteroatoms. The van der Waals surface area contributed by atoms with Crippen molar-refractivity contribution in [3.63, 3.8) is 0 Å². The Morgan fingerprint density at radius 3 is 2.40 bits per heavy atom. The topological polar surface area (TPSA) is 72.4 Å². The summed E-state index contributed by atoms with van der Waals surface area (Å²) in [4.78, 5) is 12.1. The molecular formula is C10H15BrO4. The third-order valence-corrected chi connectivity index (χ3v) is 5.35. The molecule has 0 radical (unpaired) electrons. The molecule has 0 heterocycles. The molecule has 0 spiro atoms. The van der Waals surface area contributed by atoms with Gasteiger partial charge in [0.25, 0.3) is 0 Å². The van der Waals surface area contributed by atoms with Crippen LogP contribution in [0.5, 0.6) is 0 Å². The number of fused-ring (bicyclic) bond motifs is 2. The number of hydrogen-bond donors (Lipinski definition) is 0. The summed E-state index contributed by atoms with van der Waals surface area (Å²) in [6.45, 7) is 6.00. The monoisotopic (exact) mass is 278 g/mol. The number of ketones is 1. The summed E-state index contributed by atoms with van der Waals surface area (Å²) in [6.07, 6.45) is 1.02. The van der Waals surface area contributed by atoms with Crippen LogP contribution in [-0.4, -0.2) is 11.9 Å². The van der Waals surface area contributed by atoms with E-state index in [1.807, 2.05) is 20.8 Å². The summed E-state index contributed by atoms with van der Waals surface area (Å²) < 4.78 is 26.0. The van der Waals surface area contributed by atoms with Gasteiger partial charge in [-0.05, 0) is 22.1 Å². The van der Waals surface area contributed by atoms with Crippen molar-refractivity contribution in [2.75, 3.05) is 0 Å². The van der Waals surface area contributed by atoms with Crippen LogP contribution >= 0.6 is 0 Å². The van der Waals surface area contributed by atoms with Gasteiger partial charge in [-0.25, -0.2) is 0 Å². The molecule has 0 aromatic rings. The van der Waals surface area contributed by atoms with E-state index in [9.17, 15) is 13.2 Å². The van der Waals surface area contributed by atoms with Crippen LogP contribution < -0.4 is 8.40 Å². The Morgan fingerprint density at radius 2 is 2.00 bits per heavy atom. The van der Waals surface area contributed by atoms with Gasteiger partial charge in [0.2, 0.25) is 6.10 Å². The Bertz CT molecular complexity index is 302. The maximum Gasteiger partial charge on any atom is 0.437 e. The molecule has 2 aliphatic rings. The Balaban J connectivity index is 2.30. The molecule has 0 aromatic heterocycles. The van der Waals surface area contributed by atoms with Gasteiger partial charge < -0.3 is 8.40 Å². The van der Waals surface area contributed by atoms with Crippen LogP contribution in [0.25, 0.3) is 0 Å². The van der Waals surface area contributed by atoms with Gasteiger partial charge in [-0.3, -0.25) is 4.79 Å². The highest BCUT2D eigenvalue weighted by molar-refractivity contribution is 5.93. The molecule has 0 aliphatic heterocycles. The van der Waals surface area contributed by atoms with Gasteiger partial charge in [-0.1, -0.05) is 20.8 Å². The summed E-state index contributed by atoms with van der Waals surface area (Å²) >= 11 is -3.29. The van der Waals surface area contributed by atoms with Gasteiger partial charge in [0.1, 0.15) is 0 Å². The van der Waals surface area contributed by atoms with Crippen LogP contribution in [0.15, 0.2) is 0 Å². The molecular weight excluding hydrogens is 264 g/mol. The van der Waals surface area contributed by atoms with E-state index in [0.29, 0.717) is 0 Å². The van der Waals surface area contributed by atoms with E-state index in [1.54, 1.807) is 0 Å². The van der Waals surface area contributed by atoms with E-state index in [4.69, 9.17) is 3.83 Å². The van der Waals surface area contributed by atoms with Gasteiger partial charge in [-0.15, -0.1) is 0 Å². The van der Waals surface area contributed by atoms with Crippen molar-refractivity contribution in [1.29, 1.82) is 0 Å². The first-order valence-electron chi connectivity index (χ1n) is 5.08. The highest BCUT2D eigenvalue weighted by Gasteiger charge is 2.69. The molecule has 3 atom stereocenters. The lowest BCUT2D eigenvalue weighted by atomic mass is 9.70. The first-order valence-corrected chi connectivity index (χ1v) is 7.02. The third-order valence-electron chi connectivity index (χ3n) is 4.64. The SMILES string of the molecule is CC12CCC(C(O[Br+2]([O-])[O-])C1=O)C2(C)C. The smallest absolute Gasteiger partial charge is 0.372 e. The third kappa shape index (κ3) is 1.33. The minimum Gasteiger partial charge on any atom is -0.372 e. The predicted octanol–water partition coefficient (Wildman–Crippen LogP) is -0.517. The van der Waals surface area contributed by atoms with Crippen molar-refractivity contribution in [3.8, 4) is 0 Å². The zero-order valence-corrected chi connectivity index (χ0v) is 10.7. The summed E-state index contributed by atoms with van der Waals surface area (Å²) in [6, 6.07) is 0. The number of hydrogen-bond acceptors (Lipinski definition) is 4. The average Bonchev–Trinajstić information content (AvgIpc) is 2.40. The van der Waals surface area contributed by atoms with Crippen LogP contribution in [0, 0.1) is 31.6 Å². The Morgan fingerprint density at radius 1 is 1.40 bits per heavy atom. The van der Waals surface area contributed by atoms with Crippen LogP contribution in [0.2, 0.25) is 0 Å². The second-order valence-electron chi connectivity index (χ2n) is 5.26. The first kappa shape index (κ1) is 11.5. The maximum atomic E-state index is 12.1. The lowest BCUT2D eigenvalue weighted by Crippen LogP contribution is -2.43. The lowest BCUT2D eigenvalue weighted by molar-refractivity contribution is -1.63.